The lowest BCUT2D eigenvalue weighted by molar-refractivity contribution is -0.0270. The van der Waals surface area contributed by atoms with Gasteiger partial charge in [-0.1, -0.05) is 0 Å². The van der Waals surface area contributed by atoms with Crippen LogP contribution in [-0.4, -0.2) is 60.1 Å². The standard InChI is InChI=1S/C12H13N7O2S/c1-17-15-10(14-16-17)9-7-18(2-4-21-9)11(20)8-6-19-3-5-22-12(19)13-8/h3,5-6,9H,2,4,7H2,1H3. The molecule has 0 bridgehead atoms. The number of tetrazole rings is 1. The molecule has 1 unspecified atom stereocenters. The van der Waals surface area contributed by atoms with Crippen molar-refractivity contribution in [2.45, 2.75) is 6.10 Å². The van der Waals surface area contributed by atoms with Crippen molar-refractivity contribution in [2.75, 3.05) is 19.7 Å². The van der Waals surface area contributed by atoms with Crippen LogP contribution < -0.4 is 0 Å². The number of nitrogens with zero attached hydrogens (tertiary/aromatic N) is 7. The van der Waals surface area contributed by atoms with Crippen LogP contribution in [0.25, 0.3) is 4.96 Å². The Hall–Kier alpha value is -2.33. The Bertz CT molecular complexity index is 794. The number of hydrogen-bond donors (Lipinski definition) is 0. The molecule has 1 amide bonds. The van der Waals surface area contributed by atoms with Crippen LogP contribution in [0.2, 0.25) is 0 Å². The molecular formula is C12H13N7O2S. The Balaban J connectivity index is 1.54. The number of aromatic nitrogens is 6. The van der Waals surface area contributed by atoms with Crippen LogP contribution in [0.15, 0.2) is 17.8 Å². The van der Waals surface area contributed by atoms with E-state index in [-0.39, 0.29) is 12.0 Å². The molecule has 9 nitrogen and oxygen atoms in total. The van der Waals surface area contributed by atoms with Gasteiger partial charge in [0.1, 0.15) is 11.8 Å². The Kier molecular flexibility index (Phi) is 3.12. The van der Waals surface area contributed by atoms with Crippen LogP contribution in [0.3, 0.4) is 0 Å². The molecule has 4 heterocycles. The van der Waals surface area contributed by atoms with E-state index in [2.05, 4.69) is 20.4 Å². The van der Waals surface area contributed by atoms with E-state index in [1.807, 2.05) is 16.0 Å². The third kappa shape index (κ3) is 2.25. The first-order valence-electron chi connectivity index (χ1n) is 6.77. The summed E-state index contributed by atoms with van der Waals surface area (Å²) in [5.74, 6) is 0.388. The number of morpholine rings is 1. The van der Waals surface area contributed by atoms with Crippen LogP contribution in [0.4, 0.5) is 0 Å². The summed E-state index contributed by atoms with van der Waals surface area (Å²) in [5.41, 5.74) is 0.444. The summed E-state index contributed by atoms with van der Waals surface area (Å²) < 4.78 is 7.49. The maximum atomic E-state index is 12.6. The van der Waals surface area contributed by atoms with Crippen molar-refractivity contribution in [3.05, 3.63) is 29.3 Å². The maximum Gasteiger partial charge on any atom is 0.274 e. The van der Waals surface area contributed by atoms with Gasteiger partial charge in [-0.2, -0.15) is 4.80 Å². The van der Waals surface area contributed by atoms with Crippen LogP contribution in [0, 0.1) is 0 Å². The lowest BCUT2D eigenvalue weighted by Crippen LogP contribution is -2.42. The van der Waals surface area contributed by atoms with Crippen molar-refractivity contribution < 1.29 is 9.53 Å². The molecule has 1 fully saturated rings. The molecule has 1 aliphatic heterocycles. The zero-order valence-electron chi connectivity index (χ0n) is 11.8. The molecule has 1 saturated heterocycles. The van der Waals surface area contributed by atoms with Crippen LogP contribution in [0.1, 0.15) is 22.4 Å². The van der Waals surface area contributed by atoms with Crippen molar-refractivity contribution in [1.29, 1.82) is 0 Å². The van der Waals surface area contributed by atoms with E-state index in [9.17, 15) is 4.79 Å². The average molecular weight is 319 g/mol. The highest BCUT2D eigenvalue weighted by Crippen LogP contribution is 2.20. The predicted molar refractivity (Wildman–Crippen MR) is 76.5 cm³/mol. The molecule has 10 heteroatoms. The molecule has 4 rings (SSSR count). The minimum atomic E-state index is -0.352. The summed E-state index contributed by atoms with van der Waals surface area (Å²) in [6.45, 7) is 1.37. The fourth-order valence-electron chi connectivity index (χ4n) is 2.41. The number of carbonyl (C=O) groups is 1. The van der Waals surface area contributed by atoms with Gasteiger partial charge >= 0.3 is 0 Å². The molecule has 0 aliphatic carbocycles. The Labute approximate surface area is 129 Å². The van der Waals surface area contributed by atoms with Gasteiger partial charge in [-0.15, -0.1) is 21.5 Å². The highest BCUT2D eigenvalue weighted by Gasteiger charge is 2.30. The second-order valence-electron chi connectivity index (χ2n) is 4.97. The second kappa shape index (κ2) is 5.14. The first-order valence-corrected chi connectivity index (χ1v) is 7.65. The maximum absolute atomic E-state index is 12.6. The van der Waals surface area contributed by atoms with Crippen molar-refractivity contribution in [3.63, 3.8) is 0 Å². The van der Waals surface area contributed by atoms with Gasteiger partial charge in [-0.3, -0.25) is 9.20 Å². The molecular weight excluding hydrogens is 306 g/mol. The summed E-state index contributed by atoms with van der Waals surface area (Å²) >= 11 is 1.50. The molecule has 22 heavy (non-hydrogen) atoms. The summed E-state index contributed by atoms with van der Waals surface area (Å²) in [6.07, 6.45) is 3.28. The van der Waals surface area contributed by atoms with E-state index in [1.165, 1.54) is 16.1 Å². The predicted octanol–water partition coefficient (Wildman–Crippen LogP) is 0.133. The second-order valence-corrected chi connectivity index (χ2v) is 5.84. The van der Waals surface area contributed by atoms with Gasteiger partial charge in [0, 0.05) is 24.3 Å². The number of ether oxygens (including phenoxy) is 1. The Morgan fingerprint density at radius 2 is 2.41 bits per heavy atom. The van der Waals surface area contributed by atoms with Gasteiger partial charge in [-0.05, 0) is 5.21 Å². The smallest absolute Gasteiger partial charge is 0.274 e. The SMILES string of the molecule is Cn1nnc(C2CN(C(=O)c3cn4ccsc4n3)CCO2)n1. The number of aryl methyl sites for hydroxylation is 1. The molecule has 3 aromatic heterocycles. The molecule has 0 N–H and O–H groups in total. The lowest BCUT2D eigenvalue weighted by atomic mass is 10.2. The van der Waals surface area contributed by atoms with Crippen LogP contribution in [0.5, 0.6) is 0 Å². The minimum absolute atomic E-state index is 0.104. The van der Waals surface area contributed by atoms with Crippen LogP contribution in [-0.2, 0) is 11.8 Å². The summed E-state index contributed by atoms with van der Waals surface area (Å²) in [6, 6.07) is 0. The molecule has 1 atom stereocenters. The fraction of sp³-hybridized carbons (Fsp3) is 0.417. The highest BCUT2D eigenvalue weighted by molar-refractivity contribution is 7.15. The number of rotatable bonds is 2. The fourth-order valence-corrected chi connectivity index (χ4v) is 3.11. The van der Waals surface area contributed by atoms with Gasteiger partial charge in [0.2, 0.25) is 5.82 Å². The van der Waals surface area contributed by atoms with E-state index in [1.54, 1.807) is 18.1 Å². The van der Waals surface area contributed by atoms with Gasteiger partial charge in [0.25, 0.3) is 5.91 Å². The largest absolute Gasteiger partial charge is 0.366 e. The summed E-state index contributed by atoms with van der Waals surface area (Å²) in [4.78, 5) is 20.8. The first-order chi connectivity index (χ1) is 10.7. The van der Waals surface area contributed by atoms with Crippen molar-refractivity contribution >= 4 is 22.2 Å². The molecule has 114 valence electrons. The Morgan fingerprint density at radius 1 is 1.50 bits per heavy atom. The van der Waals surface area contributed by atoms with Gasteiger partial charge in [0.15, 0.2) is 4.96 Å². The minimum Gasteiger partial charge on any atom is -0.366 e. The van der Waals surface area contributed by atoms with E-state index in [0.717, 1.165) is 4.96 Å². The van der Waals surface area contributed by atoms with Crippen molar-refractivity contribution in [3.8, 4) is 0 Å². The molecule has 0 radical (unpaired) electrons. The van der Waals surface area contributed by atoms with E-state index in [0.29, 0.717) is 31.2 Å². The van der Waals surface area contributed by atoms with Crippen LogP contribution >= 0.6 is 11.3 Å². The highest BCUT2D eigenvalue weighted by atomic mass is 32.1. The van der Waals surface area contributed by atoms with Crippen molar-refractivity contribution in [2.24, 2.45) is 7.05 Å². The zero-order chi connectivity index (χ0) is 15.1. The van der Waals surface area contributed by atoms with E-state index in [4.69, 9.17) is 4.74 Å². The van der Waals surface area contributed by atoms with Crippen molar-refractivity contribution in [1.82, 2.24) is 34.5 Å². The number of amides is 1. The molecule has 3 aromatic rings. The van der Waals surface area contributed by atoms with Gasteiger partial charge in [-0.25, -0.2) is 4.98 Å². The summed E-state index contributed by atoms with van der Waals surface area (Å²) in [7, 11) is 1.69. The topological polar surface area (TPSA) is 90.4 Å². The zero-order valence-corrected chi connectivity index (χ0v) is 12.6. The number of fused-ring (bicyclic) bond motifs is 1. The molecule has 0 saturated carbocycles. The van der Waals surface area contributed by atoms with Gasteiger partial charge in [0.05, 0.1) is 20.2 Å². The van der Waals surface area contributed by atoms with Gasteiger partial charge < -0.3 is 9.64 Å². The molecule has 1 aliphatic rings. The first kappa shape index (κ1) is 13.3. The average Bonchev–Trinajstić information content (AvgIpc) is 3.21. The quantitative estimate of drug-likeness (QED) is 0.667. The van der Waals surface area contributed by atoms with E-state index >= 15 is 0 Å². The monoisotopic (exact) mass is 319 g/mol. The number of hydrogen-bond acceptors (Lipinski definition) is 7. The molecule has 0 aromatic carbocycles. The number of carbonyl (C=O) groups excluding carboxylic acids is 1. The third-order valence-corrected chi connectivity index (χ3v) is 4.25. The summed E-state index contributed by atoms with van der Waals surface area (Å²) in [5, 5.41) is 13.8. The van der Waals surface area contributed by atoms with E-state index < -0.39 is 0 Å². The number of imidazole rings is 1. The Morgan fingerprint density at radius 3 is 3.18 bits per heavy atom. The molecule has 0 spiro atoms. The normalized spacial score (nSPS) is 19.0. The third-order valence-electron chi connectivity index (χ3n) is 3.48. The lowest BCUT2D eigenvalue weighted by Gasteiger charge is -2.30. The number of thiazole rings is 1.